The van der Waals surface area contributed by atoms with Crippen LogP contribution in [0.25, 0.3) is 0 Å². The summed E-state index contributed by atoms with van der Waals surface area (Å²) in [7, 11) is -2.35. The van der Waals surface area contributed by atoms with E-state index in [0.29, 0.717) is 6.42 Å². The first-order chi connectivity index (χ1) is 8.10. The lowest BCUT2D eigenvalue weighted by atomic mass is 10.4. The molecule has 0 heterocycles. The van der Waals surface area contributed by atoms with Crippen molar-refractivity contribution in [2.45, 2.75) is 11.3 Å². The predicted molar refractivity (Wildman–Crippen MR) is 83.9 cm³/mol. The molecule has 0 saturated heterocycles. The van der Waals surface area contributed by atoms with Gasteiger partial charge in [-0.15, -0.1) is 0 Å². The monoisotopic (exact) mass is 356 g/mol. The molecule has 0 amide bonds. The van der Waals surface area contributed by atoms with E-state index in [0.717, 1.165) is 9.80 Å². The van der Waals surface area contributed by atoms with Gasteiger partial charge in [0.25, 0.3) is 0 Å². The maximum Gasteiger partial charge on any atom is 0.0347 e. The van der Waals surface area contributed by atoms with Crippen LogP contribution in [0.4, 0.5) is 0 Å². The van der Waals surface area contributed by atoms with Crippen LogP contribution in [0.2, 0.25) is 0 Å². The van der Waals surface area contributed by atoms with Crippen LogP contribution in [-0.4, -0.2) is 10.1 Å². The van der Waals surface area contributed by atoms with Crippen molar-refractivity contribution in [3.05, 3.63) is 63.1 Å². The van der Waals surface area contributed by atoms with Crippen molar-refractivity contribution in [3.63, 3.8) is 0 Å². The maximum absolute atomic E-state index is 12.8. The highest BCUT2D eigenvalue weighted by molar-refractivity contribution is 14.1. The van der Waals surface area contributed by atoms with Crippen molar-refractivity contribution in [3.8, 4) is 0 Å². The first kappa shape index (κ1) is 12.6. The summed E-state index contributed by atoms with van der Waals surface area (Å²) < 4.78 is 14.0. The molecule has 1 aromatic carbocycles. The van der Waals surface area contributed by atoms with Crippen molar-refractivity contribution < 1.29 is 4.21 Å². The van der Waals surface area contributed by atoms with Gasteiger partial charge in [-0.3, -0.25) is 4.21 Å². The largest absolute Gasteiger partial charge is 0.259 e. The van der Waals surface area contributed by atoms with E-state index in [4.69, 9.17) is 0 Å². The normalized spacial score (nSPS) is 18.9. The molecule has 0 N–H and O–H groups in total. The molecule has 1 atom stereocenters. The zero-order valence-corrected chi connectivity index (χ0v) is 12.3. The Balaban J connectivity index is 2.44. The molecule has 1 aromatic rings. The van der Waals surface area contributed by atoms with Crippen LogP contribution in [0.5, 0.6) is 0 Å². The molecule has 0 bridgehead atoms. The summed E-state index contributed by atoms with van der Waals surface area (Å²) in [5.41, 5.74) is 0. The van der Waals surface area contributed by atoms with Crippen molar-refractivity contribution in [2.24, 2.45) is 0 Å². The van der Waals surface area contributed by atoms with E-state index >= 15 is 0 Å². The van der Waals surface area contributed by atoms with Crippen LogP contribution in [0, 0.1) is 0 Å². The van der Waals surface area contributed by atoms with Gasteiger partial charge in [0.1, 0.15) is 0 Å². The Kier molecular flexibility index (Phi) is 3.89. The van der Waals surface area contributed by atoms with Crippen LogP contribution >= 0.6 is 22.6 Å². The molecule has 3 heteroatoms. The van der Waals surface area contributed by atoms with Crippen LogP contribution in [0.1, 0.15) is 6.42 Å². The number of halogens is 1. The van der Waals surface area contributed by atoms with E-state index in [9.17, 15) is 4.21 Å². The summed E-state index contributed by atoms with van der Waals surface area (Å²) in [4.78, 5) is 1.68. The first-order valence-electron chi connectivity index (χ1n) is 5.25. The minimum atomic E-state index is -2.35. The molecule has 17 heavy (non-hydrogen) atoms. The van der Waals surface area contributed by atoms with Crippen LogP contribution in [0.15, 0.2) is 68.0 Å². The van der Waals surface area contributed by atoms with Gasteiger partial charge in [0.05, 0.1) is 0 Å². The van der Waals surface area contributed by atoms with Crippen molar-refractivity contribution in [1.29, 1.82) is 0 Å². The van der Waals surface area contributed by atoms with Gasteiger partial charge < -0.3 is 0 Å². The second kappa shape index (κ2) is 5.23. The predicted octanol–water partition coefficient (Wildman–Crippen LogP) is 3.92. The molecule has 0 spiro atoms. The summed E-state index contributed by atoms with van der Waals surface area (Å²) >= 11 is 2.27. The minimum Gasteiger partial charge on any atom is -0.259 e. The quantitative estimate of drug-likeness (QED) is 0.580. The van der Waals surface area contributed by atoms with Gasteiger partial charge in [-0.25, -0.2) is 0 Å². The summed E-state index contributed by atoms with van der Waals surface area (Å²) in [6.45, 7) is 0. The SMILES string of the molecule is C=S(=O)(C1=CC=CC=C(I)C1)c1ccccc1. The average Bonchev–Trinajstić information content (AvgIpc) is 2.55. The second-order valence-corrected chi connectivity index (χ2v) is 7.53. The van der Waals surface area contributed by atoms with E-state index in [1.807, 2.05) is 54.6 Å². The average molecular weight is 356 g/mol. The fourth-order valence-electron chi connectivity index (χ4n) is 1.63. The highest BCUT2D eigenvalue weighted by Crippen LogP contribution is 2.28. The van der Waals surface area contributed by atoms with Crippen molar-refractivity contribution >= 4 is 38.0 Å². The zero-order valence-electron chi connectivity index (χ0n) is 9.30. The Morgan fingerprint density at radius 2 is 1.76 bits per heavy atom. The second-order valence-electron chi connectivity index (χ2n) is 3.80. The fourth-order valence-corrected chi connectivity index (χ4v) is 4.09. The third-order valence-electron chi connectivity index (χ3n) is 2.56. The Morgan fingerprint density at radius 3 is 2.47 bits per heavy atom. The number of hydrogen-bond donors (Lipinski definition) is 0. The zero-order chi connectivity index (χ0) is 12.3. The van der Waals surface area contributed by atoms with Crippen LogP contribution < -0.4 is 0 Å². The van der Waals surface area contributed by atoms with E-state index < -0.39 is 9.52 Å². The maximum atomic E-state index is 12.8. The van der Waals surface area contributed by atoms with Gasteiger partial charge in [-0.2, -0.15) is 0 Å². The molecule has 1 nitrogen and oxygen atoms in total. The lowest BCUT2D eigenvalue weighted by molar-refractivity contribution is 0.684. The summed E-state index contributed by atoms with van der Waals surface area (Å²) in [6, 6.07) is 9.47. The molecule has 0 radical (unpaired) electrons. The van der Waals surface area contributed by atoms with Crippen molar-refractivity contribution in [1.82, 2.24) is 0 Å². The number of rotatable bonds is 2. The molecule has 1 aliphatic carbocycles. The first-order valence-corrected chi connectivity index (χ1v) is 8.05. The van der Waals surface area contributed by atoms with Gasteiger partial charge in [-0.1, -0.05) is 42.5 Å². The molecule has 0 saturated carbocycles. The number of allylic oxidation sites excluding steroid dienone is 6. The Bertz CT molecular complexity index is 592. The smallest absolute Gasteiger partial charge is 0.0347 e. The van der Waals surface area contributed by atoms with Crippen LogP contribution in [0.3, 0.4) is 0 Å². The van der Waals surface area contributed by atoms with Crippen molar-refractivity contribution in [2.75, 3.05) is 0 Å². The topological polar surface area (TPSA) is 17.1 Å². The fraction of sp³-hybridized carbons (Fsp3) is 0.0714. The number of hydrogen-bond acceptors (Lipinski definition) is 1. The van der Waals surface area contributed by atoms with Gasteiger partial charge in [0, 0.05) is 25.7 Å². The number of benzene rings is 1. The summed E-state index contributed by atoms with van der Waals surface area (Å²) in [5.74, 6) is 3.94. The molecule has 2 rings (SSSR count). The Morgan fingerprint density at radius 1 is 1.12 bits per heavy atom. The van der Waals surface area contributed by atoms with Crippen LogP contribution in [-0.2, 0) is 9.52 Å². The highest BCUT2D eigenvalue weighted by Gasteiger charge is 2.14. The molecule has 1 unspecified atom stereocenters. The molecular weight excluding hydrogens is 343 g/mol. The standard InChI is InChI=1S/C14H13IOS/c1-17(16,13-8-3-2-4-9-13)14-10-6-5-7-12(15)11-14/h2-10H,1,11H2. The molecule has 88 valence electrons. The third kappa shape index (κ3) is 2.90. The van der Waals surface area contributed by atoms with E-state index in [2.05, 4.69) is 28.5 Å². The van der Waals surface area contributed by atoms with Gasteiger partial charge in [0.2, 0.25) is 0 Å². The molecule has 0 aliphatic heterocycles. The third-order valence-corrected chi connectivity index (χ3v) is 5.46. The minimum absolute atomic E-state index is 0.713. The Labute approximate surface area is 116 Å². The van der Waals surface area contributed by atoms with E-state index in [-0.39, 0.29) is 0 Å². The van der Waals surface area contributed by atoms with Gasteiger partial charge in [-0.05, 0) is 44.2 Å². The van der Waals surface area contributed by atoms with Gasteiger partial charge >= 0.3 is 0 Å². The molecular formula is C14H13IOS. The lowest BCUT2D eigenvalue weighted by Gasteiger charge is -2.12. The van der Waals surface area contributed by atoms with Gasteiger partial charge in [0.15, 0.2) is 0 Å². The summed E-state index contributed by atoms with van der Waals surface area (Å²) in [6.07, 6.45) is 8.56. The molecule has 0 fully saturated rings. The summed E-state index contributed by atoms with van der Waals surface area (Å²) in [5, 5.41) is 0. The lowest BCUT2D eigenvalue weighted by Crippen LogP contribution is -2.04. The van der Waals surface area contributed by atoms with E-state index in [1.54, 1.807) is 0 Å². The van der Waals surface area contributed by atoms with E-state index in [1.165, 1.54) is 3.58 Å². The Hall–Kier alpha value is -0.810. The molecule has 0 aromatic heterocycles. The highest BCUT2D eigenvalue weighted by atomic mass is 127. The molecule has 1 aliphatic rings.